The zero-order valence-electron chi connectivity index (χ0n) is 12.5. The molecule has 0 bridgehead atoms. The van der Waals surface area contributed by atoms with Crippen molar-refractivity contribution in [3.8, 4) is 11.3 Å². The smallest absolute Gasteiger partial charge is 0.0802 e. The number of rotatable bonds is 1. The predicted octanol–water partition coefficient (Wildman–Crippen LogP) is 4.54. The van der Waals surface area contributed by atoms with Crippen molar-refractivity contribution >= 4 is 5.71 Å². The first-order chi connectivity index (χ1) is 10.3. The Labute approximate surface area is 126 Å². The highest BCUT2D eigenvalue weighted by molar-refractivity contribution is 6.23. The van der Waals surface area contributed by atoms with Gasteiger partial charge in [-0.15, -0.1) is 0 Å². The van der Waals surface area contributed by atoms with Crippen LogP contribution in [-0.2, 0) is 0 Å². The number of hydrogen-bond acceptors (Lipinski definition) is 2. The van der Waals surface area contributed by atoms with E-state index in [1.165, 1.54) is 60.1 Å². The van der Waals surface area contributed by atoms with Crippen LogP contribution < -0.4 is 0 Å². The van der Waals surface area contributed by atoms with Gasteiger partial charge in [0.1, 0.15) is 0 Å². The summed E-state index contributed by atoms with van der Waals surface area (Å²) in [5.74, 6) is 0. The van der Waals surface area contributed by atoms with Gasteiger partial charge >= 0.3 is 0 Å². The van der Waals surface area contributed by atoms with Crippen LogP contribution in [0.15, 0.2) is 41.5 Å². The van der Waals surface area contributed by atoms with E-state index in [4.69, 9.17) is 4.99 Å². The zero-order chi connectivity index (χ0) is 14.2. The Morgan fingerprint density at radius 2 is 1.86 bits per heavy atom. The Hall–Kier alpha value is -1.96. The minimum Gasteiger partial charge on any atom is -0.281 e. The first-order valence-corrected chi connectivity index (χ1v) is 7.97. The summed E-state index contributed by atoms with van der Waals surface area (Å²) < 4.78 is 0. The topological polar surface area (TPSA) is 25.2 Å². The standard InChI is InChI=1S/C19H20N2/c1-13-9-10-15-17(12-13)19(16-8-5-11-20-18(15)16)21-14-6-3-2-4-7-14/h5,8-12,14H,2-4,6-7H2,1H3. The number of pyridine rings is 1. The second-order valence-electron chi connectivity index (χ2n) is 6.22. The highest BCUT2D eigenvalue weighted by Crippen LogP contribution is 2.36. The molecule has 0 N–H and O–H groups in total. The van der Waals surface area contributed by atoms with Gasteiger partial charge in [-0.1, -0.05) is 37.0 Å². The summed E-state index contributed by atoms with van der Waals surface area (Å²) in [6.45, 7) is 2.15. The van der Waals surface area contributed by atoms with Gasteiger partial charge in [-0.2, -0.15) is 0 Å². The lowest BCUT2D eigenvalue weighted by Crippen LogP contribution is -2.13. The Morgan fingerprint density at radius 3 is 2.71 bits per heavy atom. The van der Waals surface area contributed by atoms with Gasteiger partial charge in [0.15, 0.2) is 0 Å². The van der Waals surface area contributed by atoms with Gasteiger partial charge in [-0.25, -0.2) is 0 Å². The molecule has 2 aliphatic rings. The van der Waals surface area contributed by atoms with Crippen molar-refractivity contribution in [3.05, 3.63) is 53.2 Å². The Bertz CT molecular complexity index is 709. The van der Waals surface area contributed by atoms with Crippen LogP contribution >= 0.6 is 0 Å². The van der Waals surface area contributed by atoms with Crippen molar-refractivity contribution in [2.75, 3.05) is 0 Å². The summed E-state index contributed by atoms with van der Waals surface area (Å²) in [5.41, 5.74) is 7.28. The molecule has 0 spiro atoms. The molecular formula is C19H20N2. The minimum absolute atomic E-state index is 0.494. The number of aliphatic imine (C=N–C) groups is 1. The average molecular weight is 276 g/mol. The molecule has 2 aliphatic carbocycles. The van der Waals surface area contributed by atoms with Crippen LogP contribution in [0.3, 0.4) is 0 Å². The third-order valence-corrected chi connectivity index (χ3v) is 4.63. The van der Waals surface area contributed by atoms with E-state index in [0.717, 1.165) is 5.69 Å². The van der Waals surface area contributed by atoms with Crippen molar-refractivity contribution in [3.63, 3.8) is 0 Å². The number of nitrogens with zero attached hydrogens (tertiary/aromatic N) is 2. The van der Waals surface area contributed by atoms with Gasteiger partial charge < -0.3 is 0 Å². The lowest BCUT2D eigenvalue weighted by molar-refractivity contribution is 0.444. The molecule has 1 heterocycles. The van der Waals surface area contributed by atoms with Crippen LogP contribution in [0.4, 0.5) is 0 Å². The van der Waals surface area contributed by atoms with Gasteiger partial charge in [-0.05, 0) is 38.0 Å². The molecule has 1 aromatic carbocycles. The van der Waals surface area contributed by atoms with Crippen LogP contribution in [0.2, 0.25) is 0 Å². The maximum atomic E-state index is 5.14. The fraction of sp³-hybridized carbons (Fsp3) is 0.368. The average Bonchev–Trinajstić information content (AvgIpc) is 2.82. The molecule has 0 saturated heterocycles. The van der Waals surface area contributed by atoms with Crippen molar-refractivity contribution in [1.29, 1.82) is 0 Å². The summed E-state index contributed by atoms with van der Waals surface area (Å²) in [6, 6.07) is 11.3. The maximum absolute atomic E-state index is 5.14. The van der Waals surface area contributed by atoms with Gasteiger partial charge in [0.25, 0.3) is 0 Å². The molecule has 2 aromatic rings. The predicted molar refractivity (Wildman–Crippen MR) is 86.9 cm³/mol. The molecule has 0 aliphatic heterocycles. The third-order valence-electron chi connectivity index (χ3n) is 4.63. The Balaban J connectivity index is 1.86. The van der Waals surface area contributed by atoms with E-state index in [9.17, 15) is 0 Å². The molecule has 0 unspecified atom stereocenters. The molecule has 106 valence electrons. The lowest BCUT2D eigenvalue weighted by atomic mass is 9.95. The van der Waals surface area contributed by atoms with Gasteiger partial charge in [0.05, 0.1) is 17.4 Å². The molecule has 21 heavy (non-hydrogen) atoms. The van der Waals surface area contributed by atoms with Crippen molar-refractivity contribution in [2.45, 2.75) is 45.1 Å². The molecule has 1 saturated carbocycles. The molecule has 2 heteroatoms. The molecule has 2 nitrogen and oxygen atoms in total. The second-order valence-corrected chi connectivity index (χ2v) is 6.22. The Kier molecular flexibility index (Phi) is 3.10. The molecule has 4 rings (SSSR count). The normalized spacial score (nSPS) is 19.6. The van der Waals surface area contributed by atoms with E-state index < -0.39 is 0 Å². The minimum atomic E-state index is 0.494. The van der Waals surface area contributed by atoms with Crippen LogP contribution in [0.25, 0.3) is 11.3 Å². The largest absolute Gasteiger partial charge is 0.281 e. The molecule has 0 atom stereocenters. The van der Waals surface area contributed by atoms with E-state index >= 15 is 0 Å². The fourth-order valence-corrected chi connectivity index (χ4v) is 3.55. The molecule has 0 radical (unpaired) electrons. The molecule has 0 amide bonds. The van der Waals surface area contributed by atoms with Gasteiger partial charge in [0.2, 0.25) is 0 Å². The van der Waals surface area contributed by atoms with Crippen LogP contribution in [-0.4, -0.2) is 16.7 Å². The monoisotopic (exact) mass is 276 g/mol. The van der Waals surface area contributed by atoms with Crippen LogP contribution in [0.5, 0.6) is 0 Å². The fourth-order valence-electron chi connectivity index (χ4n) is 3.55. The van der Waals surface area contributed by atoms with E-state index in [-0.39, 0.29) is 0 Å². The number of aryl methyl sites for hydroxylation is 1. The number of fused-ring (bicyclic) bond motifs is 3. The second kappa shape index (κ2) is 5.10. The molecule has 1 aromatic heterocycles. The van der Waals surface area contributed by atoms with Gasteiger partial charge in [0, 0.05) is 22.9 Å². The summed E-state index contributed by atoms with van der Waals surface area (Å²) in [5, 5.41) is 0. The highest BCUT2D eigenvalue weighted by Gasteiger charge is 2.27. The molecule has 1 fully saturated rings. The maximum Gasteiger partial charge on any atom is 0.0802 e. The van der Waals surface area contributed by atoms with Crippen molar-refractivity contribution in [2.24, 2.45) is 4.99 Å². The van der Waals surface area contributed by atoms with E-state index in [1.807, 2.05) is 12.3 Å². The number of aromatic nitrogens is 1. The van der Waals surface area contributed by atoms with Crippen molar-refractivity contribution < 1.29 is 0 Å². The summed E-state index contributed by atoms with van der Waals surface area (Å²) in [6.07, 6.45) is 8.37. The number of benzene rings is 1. The van der Waals surface area contributed by atoms with E-state index in [0.29, 0.717) is 6.04 Å². The van der Waals surface area contributed by atoms with E-state index in [1.54, 1.807) is 0 Å². The summed E-state index contributed by atoms with van der Waals surface area (Å²) >= 11 is 0. The zero-order valence-corrected chi connectivity index (χ0v) is 12.5. The van der Waals surface area contributed by atoms with E-state index in [2.05, 4.69) is 36.2 Å². The summed E-state index contributed by atoms with van der Waals surface area (Å²) in [7, 11) is 0. The van der Waals surface area contributed by atoms with Crippen LogP contribution in [0, 0.1) is 6.92 Å². The lowest BCUT2D eigenvalue weighted by Gasteiger charge is -2.18. The highest BCUT2D eigenvalue weighted by atomic mass is 14.8. The quantitative estimate of drug-likeness (QED) is 0.640. The Morgan fingerprint density at radius 1 is 1.00 bits per heavy atom. The van der Waals surface area contributed by atoms with Gasteiger partial charge in [-0.3, -0.25) is 9.98 Å². The number of hydrogen-bond donors (Lipinski definition) is 0. The molecular weight excluding hydrogens is 256 g/mol. The van der Waals surface area contributed by atoms with Crippen LogP contribution in [0.1, 0.15) is 48.8 Å². The first-order valence-electron chi connectivity index (χ1n) is 7.97. The third kappa shape index (κ3) is 2.19. The van der Waals surface area contributed by atoms with Crippen molar-refractivity contribution in [1.82, 2.24) is 4.98 Å². The summed E-state index contributed by atoms with van der Waals surface area (Å²) in [4.78, 5) is 9.73. The first kappa shape index (κ1) is 12.8. The SMILES string of the molecule is Cc1ccc2c(c1)C(=NC1CCCCC1)c1cccnc1-2.